The fourth-order valence-corrected chi connectivity index (χ4v) is 4.33. The van der Waals surface area contributed by atoms with E-state index in [1.165, 1.54) is 24.4 Å². The molecule has 0 amide bonds. The van der Waals surface area contributed by atoms with Crippen LogP contribution in [0.3, 0.4) is 0 Å². The molecule has 0 spiro atoms. The largest absolute Gasteiger partial charge is 0.298 e. The molecule has 0 aliphatic carbocycles. The Balaban J connectivity index is 2.15. The summed E-state index contributed by atoms with van der Waals surface area (Å²) in [5.41, 5.74) is 2.37. The number of thioether (sulfide) groups is 1. The number of hydrogen-bond donors (Lipinski definition) is 1. The van der Waals surface area contributed by atoms with Gasteiger partial charge in [-0.25, -0.2) is 13.1 Å². The zero-order valence-corrected chi connectivity index (χ0v) is 18.0. The molecule has 1 aromatic carbocycles. The van der Waals surface area contributed by atoms with Crippen LogP contribution in [-0.4, -0.2) is 41.7 Å². The molecule has 1 aromatic heterocycles. The first-order chi connectivity index (χ1) is 12.7. The maximum Gasteiger partial charge on any atom is 0.211 e. The van der Waals surface area contributed by atoms with E-state index in [4.69, 9.17) is 0 Å². The molecule has 0 bridgehead atoms. The van der Waals surface area contributed by atoms with Gasteiger partial charge in [-0.1, -0.05) is 62.9 Å². The quantitative estimate of drug-likeness (QED) is 0.391. The van der Waals surface area contributed by atoms with Crippen LogP contribution in [0.2, 0.25) is 0 Å². The normalized spacial score (nSPS) is 12.3. The van der Waals surface area contributed by atoms with Crippen LogP contribution < -0.4 is 4.72 Å². The van der Waals surface area contributed by atoms with Crippen LogP contribution in [0.4, 0.5) is 0 Å². The highest BCUT2D eigenvalue weighted by atomic mass is 32.2. The van der Waals surface area contributed by atoms with E-state index in [-0.39, 0.29) is 11.2 Å². The number of aromatic nitrogens is 3. The van der Waals surface area contributed by atoms with E-state index in [2.05, 4.69) is 66.5 Å². The van der Waals surface area contributed by atoms with Crippen LogP contribution in [0.5, 0.6) is 0 Å². The summed E-state index contributed by atoms with van der Waals surface area (Å²) in [6.07, 6.45) is 2.36. The van der Waals surface area contributed by atoms with Gasteiger partial charge in [0.2, 0.25) is 10.0 Å². The van der Waals surface area contributed by atoms with E-state index in [1.807, 2.05) is 10.6 Å². The summed E-state index contributed by atoms with van der Waals surface area (Å²) in [7, 11) is -1.74. The monoisotopic (exact) mass is 408 g/mol. The van der Waals surface area contributed by atoms with Crippen LogP contribution in [0.15, 0.2) is 42.1 Å². The van der Waals surface area contributed by atoms with Gasteiger partial charge in [-0.05, 0) is 24.4 Å². The summed E-state index contributed by atoms with van der Waals surface area (Å²) in [4.78, 5) is 0. The van der Waals surface area contributed by atoms with Crippen LogP contribution in [0.25, 0.3) is 11.4 Å². The number of rotatable bonds is 9. The van der Waals surface area contributed by atoms with E-state index in [0.717, 1.165) is 16.5 Å². The molecule has 6 nitrogen and oxygen atoms in total. The second kappa shape index (κ2) is 9.03. The molecule has 8 heteroatoms. The molecule has 2 rings (SSSR count). The summed E-state index contributed by atoms with van der Waals surface area (Å²) in [6, 6.07) is 8.38. The summed E-state index contributed by atoms with van der Waals surface area (Å²) >= 11 is 1.51. The Kier molecular flexibility index (Phi) is 7.25. The van der Waals surface area contributed by atoms with Crippen LogP contribution in [-0.2, 0) is 22.0 Å². The number of hydrogen-bond acceptors (Lipinski definition) is 5. The molecule has 1 N–H and O–H groups in total. The molecule has 0 fully saturated rings. The van der Waals surface area contributed by atoms with Crippen molar-refractivity contribution in [2.75, 3.05) is 18.6 Å². The fourth-order valence-electron chi connectivity index (χ4n) is 2.54. The van der Waals surface area contributed by atoms with Crippen molar-refractivity contribution in [2.24, 2.45) is 0 Å². The Morgan fingerprint density at radius 3 is 2.44 bits per heavy atom. The molecule has 27 heavy (non-hydrogen) atoms. The van der Waals surface area contributed by atoms with Crippen LogP contribution in [0, 0.1) is 0 Å². The van der Waals surface area contributed by atoms with Gasteiger partial charge in [0.25, 0.3) is 0 Å². The third-order valence-electron chi connectivity index (χ3n) is 4.14. The first-order valence-corrected chi connectivity index (χ1v) is 11.5. The van der Waals surface area contributed by atoms with E-state index in [0.29, 0.717) is 18.7 Å². The summed E-state index contributed by atoms with van der Waals surface area (Å²) in [5.74, 6) is 1.55. The number of nitrogens with zero attached hydrogens (tertiary/aromatic N) is 3. The van der Waals surface area contributed by atoms with Gasteiger partial charge in [-0.2, -0.15) is 0 Å². The Bertz CT molecular complexity index is 866. The number of allylic oxidation sites excluding steroid dienone is 1. The average Bonchev–Trinajstić information content (AvgIpc) is 3.01. The van der Waals surface area contributed by atoms with E-state index in [9.17, 15) is 8.42 Å². The maximum absolute atomic E-state index is 11.5. The van der Waals surface area contributed by atoms with Gasteiger partial charge in [0.15, 0.2) is 11.0 Å². The highest BCUT2D eigenvalue weighted by Gasteiger charge is 2.17. The summed E-state index contributed by atoms with van der Waals surface area (Å²) in [6.45, 7) is 11.0. The Morgan fingerprint density at radius 2 is 1.89 bits per heavy atom. The van der Waals surface area contributed by atoms with Gasteiger partial charge < -0.3 is 0 Å². The molecule has 2 aromatic rings. The zero-order valence-electron chi connectivity index (χ0n) is 16.4. The zero-order chi connectivity index (χ0) is 20.1. The molecule has 1 heterocycles. The lowest BCUT2D eigenvalue weighted by Crippen LogP contribution is -2.22. The molecule has 0 radical (unpaired) electrons. The topological polar surface area (TPSA) is 76.9 Å². The molecular formula is C19H28N4O2S2. The second-order valence-corrected chi connectivity index (χ2v) is 10.4. The molecule has 0 saturated carbocycles. The van der Waals surface area contributed by atoms with Crippen molar-refractivity contribution < 1.29 is 8.42 Å². The summed E-state index contributed by atoms with van der Waals surface area (Å²) in [5, 5.41) is 9.42. The minimum atomic E-state index is -3.17. The molecule has 0 atom stereocenters. The van der Waals surface area contributed by atoms with Crippen molar-refractivity contribution in [3.05, 3.63) is 42.5 Å². The molecule has 0 saturated heterocycles. The lowest BCUT2D eigenvalue weighted by Gasteiger charge is -2.19. The lowest BCUT2D eigenvalue weighted by molar-refractivity contribution is 0.587. The molecule has 0 aliphatic heterocycles. The lowest BCUT2D eigenvalue weighted by atomic mass is 9.87. The number of sulfonamides is 1. The number of benzene rings is 1. The maximum atomic E-state index is 11.5. The van der Waals surface area contributed by atoms with E-state index >= 15 is 0 Å². The first kappa shape index (κ1) is 21.7. The third kappa shape index (κ3) is 5.92. The van der Waals surface area contributed by atoms with Crippen molar-refractivity contribution in [1.82, 2.24) is 19.5 Å². The predicted molar refractivity (Wildman–Crippen MR) is 113 cm³/mol. The van der Waals surface area contributed by atoms with Crippen LogP contribution >= 0.6 is 11.8 Å². The van der Waals surface area contributed by atoms with Gasteiger partial charge >= 0.3 is 0 Å². The molecule has 148 valence electrons. The Labute approximate surface area is 166 Å². The number of nitrogens with one attached hydrogen (secondary N) is 1. The highest BCUT2D eigenvalue weighted by Crippen LogP contribution is 2.28. The van der Waals surface area contributed by atoms with E-state index < -0.39 is 10.0 Å². The smallest absolute Gasteiger partial charge is 0.211 e. The van der Waals surface area contributed by atoms with Crippen LogP contribution in [0.1, 0.15) is 32.8 Å². The van der Waals surface area contributed by atoms with E-state index in [1.54, 1.807) is 0 Å². The Hall–Kier alpha value is -1.64. The first-order valence-electron chi connectivity index (χ1n) is 8.87. The fraction of sp³-hybridized carbons (Fsp3) is 0.474. The second-order valence-electron chi connectivity index (χ2n) is 7.26. The van der Waals surface area contributed by atoms with Crippen molar-refractivity contribution >= 4 is 21.8 Å². The summed E-state index contributed by atoms with van der Waals surface area (Å²) < 4.78 is 27.3. The van der Waals surface area contributed by atoms with Gasteiger partial charge in [-0.3, -0.25) is 4.57 Å². The molecule has 0 aliphatic rings. The molecule has 0 unspecified atom stereocenters. The van der Waals surface area contributed by atoms with Gasteiger partial charge in [0.1, 0.15) is 0 Å². The van der Waals surface area contributed by atoms with Gasteiger partial charge in [0, 0.05) is 17.9 Å². The van der Waals surface area contributed by atoms with Crippen molar-refractivity contribution in [1.29, 1.82) is 0 Å². The standard InChI is InChI=1S/C19H28N4O2S2/c1-6-12-23-17(15-8-10-16(11-9-15)19(2,3)4)21-22-18(23)26-13-7-14-27(24,25)20-5/h6,8-11,20H,1,7,12-14H2,2-5H3. The van der Waals surface area contributed by atoms with Crippen molar-refractivity contribution in [3.8, 4) is 11.4 Å². The minimum absolute atomic E-state index is 0.0992. The van der Waals surface area contributed by atoms with Crippen molar-refractivity contribution in [2.45, 2.75) is 44.3 Å². The molecular weight excluding hydrogens is 380 g/mol. The van der Waals surface area contributed by atoms with Gasteiger partial charge in [0.05, 0.1) is 5.75 Å². The predicted octanol–water partition coefficient (Wildman–Crippen LogP) is 3.46. The minimum Gasteiger partial charge on any atom is -0.298 e. The highest BCUT2D eigenvalue weighted by molar-refractivity contribution is 7.99. The third-order valence-corrected chi connectivity index (χ3v) is 6.64. The average molecular weight is 409 g/mol. The van der Waals surface area contributed by atoms with Gasteiger partial charge in [-0.15, -0.1) is 16.8 Å². The SMILES string of the molecule is C=CCn1c(SCCCS(=O)(=O)NC)nnc1-c1ccc(C(C)(C)C)cc1. The Morgan fingerprint density at radius 1 is 1.22 bits per heavy atom. The van der Waals surface area contributed by atoms with Crippen molar-refractivity contribution in [3.63, 3.8) is 0 Å².